The third-order valence-corrected chi connectivity index (χ3v) is 4.17. The van der Waals surface area contributed by atoms with Gasteiger partial charge in [0.05, 0.1) is 6.67 Å². The Morgan fingerprint density at radius 2 is 1.76 bits per heavy atom. The van der Waals surface area contributed by atoms with Crippen LogP contribution in [0.15, 0.2) is 0 Å². The molecule has 2 rings (SSSR count). The highest BCUT2D eigenvalue weighted by Gasteiger charge is 2.44. The number of hydrogen-bond acceptors (Lipinski definition) is 3. The second-order valence-electron chi connectivity index (χ2n) is 5.74. The molecule has 2 aliphatic rings. The quantitative estimate of drug-likeness (QED) is 0.611. The second kappa shape index (κ2) is 4.46. The smallest absolute Gasteiger partial charge is 0.319 e. The van der Waals surface area contributed by atoms with Crippen molar-refractivity contribution in [1.82, 2.24) is 19.6 Å². The normalized spacial score (nSPS) is 25.5. The molecule has 0 bridgehead atoms. The number of amides is 2. The molecule has 17 heavy (non-hydrogen) atoms. The van der Waals surface area contributed by atoms with Crippen LogP contribution in [0.4, 0.5) is 4.79 Å². The van der Waals surface area contributed by atoms with Crippen molar-refractivity contribution in [3.8, 4) is 0 Å². The van der Waals surface area contributed by atoms with Crippen LogP contribution in [0.5, 0.6) is 0 Å². The van der Waals surface area contributed by atoms with E-state index in [1.165, 1.54) is 0 Å². The Bertz CT molecular complexity index is 297. The van der Waals surface area contributed by atoms with Gasteiger partial charge in [0, 0.05) is 39.3 Å². The van der Waals surface area contributed by atoms with E-state index in [1.54, 1.807) is 4.90 Å². The van der Waals surface area contributed by atoms with E-state index in [0.717, 1.165) is 39.1 Å². The van der Waals surface area contributed by atoms with Gasteiger partial charge in [0.25, 0.3) is 0 Å². The molecule has 0 aliphatic carbocycles. The molecule has 1 spiro atoms. The van der Waals surface area contributed by atoms with Gasteiger partial charge < -0.3 is 9.80 Å². The lowest BCUT2D eigenvalue weighted by molar-refractivity contribution is 0.0833. The molecular weight excluding hydrogens is 216 g/mol. The Morgan fingerprint density at radius 1 is 1.18 bits per heavy atom. The van der Waals surface area contributed by atoms with Gasteiger partial charge in [-0.25, -0.2) is 4.79 Å². The van der Waals surface area contributed by atoms with Crippen LogP contribution in [-0.4, -0.2) is 85.7 Å². The van der Waals surface area contributed by atoms with Gasteiger partial charge in [-0.3, -0.25) is 9.80 Å². The molecule has 2 heterocycles. The summed E-state index contributed by atoms with van der Waals surface area (Å²) in [6.45, 7) is 3.94. The van der Waals surface area contributed by atoms with Crippen molar-refractivity contribution in [1.29, 1.82) is 0 Å². The molecule has 98 valence electrons. The second-order valence-corrected chi connectivity index (χ2v) is 5.74. The topological polar surface area (TPSA) is 30.0 Å². The van der Waals surface area contributed by atoms with Crippen LogP contribution in [-0.2, 0) is 0 Å². The first-order valence-corrected chi connectivity index (χ1v) is 6.31. The van der Waals surface area contributed by atoms with E-state index in [0.29, 0.717) is 5.54 Å². The lowest BCUT2D eigenvalue weighted by atomic mass is 9.87. The predicted molar refractivity (Wildman–Crippen MR) is 67.9 cm³/mol. The summed E-state index contributed by atoms with van der Waals surface area (Å²) in [5.74, 6) is 0. The fourth-order valence-corrected chi connectivity index (χ4v) is 3.12. The minimum Gasteiger partial charge on any atom is -0.331 e. The summed E-state index contributed by atoms with van der Waals surface area (Å²) in [5.41, 5.74) is 0.303. The number of likely N-dealkylation sites (tertiary alicyclic amines) is 1. The lowest BCUT2D eigenvalue weighted by Gasteiger charge is -2.43. The van der Waals surface area contributed by atoms with Crippen LogP contribution < -0.4 is 0 Å². The Kier molecular flexibility index (Phi) is 3.32. The van der Waals surface area contributed by atoms with Crippen LogP contribution in [0, 0.1) is 0 Å². The first kappa shape index (κ1) is 12.6. The van der Waals surface area contributed by atoms with E-state index in [1.807, 2.05) is 19.0 Å². The van der Waals surface area contributed by atoms with E-state index in [-0.39, 0.29) is 6.03 Å². The average Bonchev–Trinajstić information content (AvgIpc) is 2.54. The van der Waals surface area contributed by atoms with Crippen molar-refractivity contribution in [3.63, 3.8) is 0 Å². The van der Waals surface area contributed by atoms with Crippen LogP contribution in [0.2, 0.25) is 0 Å². The first-order chi connectivity index (χ1) is 7.94. The maximum absolute atomic E-state index is 11.9. The summed E-state index contributed by atoms with van der Waals surface area (Å²) < 4.78 is 0. The first-order valence-electron chi connectivity index (χ1n) is 6.31. The molecule has 2 amide bonds. The molecule has 0 saturated carbocycles. The summed E-state index contributed by atoms with van der Waals surface area (Å²) in [6.07, 6.45) is 2.18. The van der Waals surface area contributed by atoms with E-state index in [2.05, 4.69) is 23.9 Å². The Hall–Kier alpha value is -0.810. The zero-order valence-electron chi connectivity index (χ0n) is 11.4. The van der Waals surface area contributed by atoms with Crippen molar-refractivity contribution in [2.24, 2.45) is 0 Å². The van der Waals surface area contributed by atoms with Crippen molar-refractivity contribution < 1.29 is 4.79 Å². The SMILES string of the molecule is CN1CN(C)C2(CCN(C(=O)N(C)C)CC2)C1. The number of urea groups is 1. The number of rotatable bonds is 0. The standard InChI is InChI=1S/C12H24N4O/c1-13(2)11(17)16-7-5-12(6-8-16)9-14(3)10-15(12)4/h5-10H2,1-4H3. The third-order valence-electron chi connectivity index (χ3n) is 4.17. The Balaban J connectivity index is 1.96. The highest BCUT2D eigenvalue weighted by molar-refractivity contribution is 5.73. The fourth-order valence-electron chi connectivity index (χ4n) is 3.12. The Morgan fingerprint density at radius 3 is 2.18 bits per heavy atom. The summed E-state index contributed by atoms with van der Waals surface area (Å²) in [6, 6.07) is 0.147. The van der Waals surface area contributed by atoms with Crippen LogP contribution in [0.25, 0.3) is 0 Å². The highest BCUT2D eigenvalue weighted by Crippen LogP contribution is 2.33. The zero-order valence-corrected chi connectivity index (χ0v) is 11.4. The maximum Gasteiger partial charge on any atom is 0.319 e. The molecule has 0 aromatic rings. The maximum atomic E-state index is 11.9. The number of carbonyl (C=O) groups excluding carboxylic acids is 1. The molecule has 5 nitrogen and oxygen atoms in total. The molecule has 0 aromatic heterocycles. The van der Waals surface area contributed by atoms with Crippen LogP contribution in [0.1, 0.15) is 12.8 Å². The largest absolute Gasteiger partial charge is 0.331 e. The minimum absolute atomic E-state index is 0.147. The number of nitrogens with zero attached hydrogens (tertiary/aromatic N) is 4. The molecule has 0 aromatic carbocycles. The molecule has 5 heteroatoms. The number of piperidine rings is 1. The summed E-state index contributed by atoms with van der Waals surface area (Å²) in [7, 11) is 8.01. The van der Waals surface area contributed by atoms with Gasteiger partial charge in [0.1, 0.15) is 0 Å². The predicted octanol–water partition coefficient (Wildman–Crippen LogP) is 0.337. The number of carbonyl (C=O) groups is 1. The molecule has 2 fully saturated rings. The number of likely N-dealkylation sites (N-methyl/N-ethyl adjacent to an activating group) is 2. The summed E-state index contributed by atoms with van der Waals surface area (Å²) in [5, 5.41) is 0. The van der Waals surface area contributed by atoms with E-state index in [4.69, 9.17) is 0 Å². The zero-order chi connectivity index (χ0) is 12.6. The molecule has 0 N–H and O–H groups in total. The van der Waals surface area contributed by atoms with Crippen molar-refractivity contribution >= 4 is 6.03 Å². The average molecular weight is 240 g/mol. The van der Waals surface area contributed by atoms with Gasteiger partial charge in [-0.05, 0) is 26.9 Å². The van der Waals surface area contributed by atoms with Gasteiger partial charge in [-0.1, -0.05) is 0 Å². The molecule has 2 saturated heterocycles. The van der Waals surface area contributed by atoms with Gasteiger partial charge >= 0.3 is 6.03 Å². The summed E-state index contributed by atoms with van der Waals surface area (Å²) >= 11 is 0. The van der Waals surface area contributed by atoms with E-state index in [9.17, 15) is 4.79 Å². The lowest BCUT2D eigenvalue weighted by Crippen LogP contribution is -2.55. The van der Waals surface area contributed by atoms with Gasteiger partial charge in [0.2, 0.25) is 0 Å². The molecular formula is C12H24N4O. The van der Waals surface area contributed by atoms with Gasteiger partial charge in [0.15, 0.2) is 0 Å². The molecule has 0 radical (unpaired) electrons. The van der Waals surface area contributed by atoms with E-state index < -0.39 is 0 Å². The van der Waals surface area contributed by atoms with E-state index >= 15 is 0 Å². The molecule has 0 atom stereocenters. The van der Waals surface area contributed by atoms with Crippen LogP contribution >= 0.6 is 0 Å². The molecule has 2 aliphatic heterocycles. The Labute approximate surface area is 104 Å². The summed E-state index contributed by atoms with van der Waals surface area (Å²) in [4.78, 5) is 20.3. The van der Waals surface area contributed by atoms with Crippen LogP contribution in [0.3, 0.4) is 0 Å². The fraction of sp³-hybridized carbons (Fsp3) is 0.917. The van der Waals surface area contributed by atoms with Gasteiger partial charge in [-0.15, -0.1) is 0 Å². The monoisotopic (exact) mass is 240 g/mol. The van der Waals surface area contributed by atoms with Crippen molar-refractivity contribution in [3.05, 3.63) is 0 Å². The third kappa shape index (κ3) is 2.26. The highest BCUT2D eigenvalue weighted by atomic mass is 16.2. The van der Waals surface area contributed by atoms with Crippen molar-refractivity contribution in [2.45, 2.75) is 18.4 Å². The van der Waals surface area contributed by atoms with Gasteiger partial charge in [-0.2, -0.15) is 0 Å². The number of hydrogen-bond donors (Lipinski definition) is 0. The minimum atomic E-state index is 0.147. The van der Waals surface area contributed by atoms with Crippen molar-refractivity contribution in [2.75, 3.05) is 54.5 Å². The molecule has 0 unspecified atom stereocenters.